The first-order valence-corrected chi connectivity index (χ1v) is 9.81. The maximum atomic E-state index is 12.2. The van der Waals surface area contributed by atoms with Crippen LogP contribution in [0.3, 0.4) is 0 Å². The summed E-state index contributed by atoms with van der Waals surface area (Å²) in [6.07, 6.45) is 2.49. The summed E-state index contributed by atoms with van der Waals surface area (Å²) in [5.41, 5.74) is 3.15. The summed E-state index contributed by atoms with van der Waals surface area (Å²) in [6, 6.07) is 18.0. The van der Waals surface area contributed by atoms with Crippen molar-refractivity contribution in [1.82, 2.24) is 10.3 Å². The van der Waals surface area contributed by atoms with Crippen molar-refractivity contribution in [3.8, 4) is 23.0 Å². The molecule has 0 spiro atoms. The second kappa shape index (κ2) is 8.71. The SMILES string of the molecule is O=C(NCCc1c[nH]c2cc(OCc3ccccc3)ccc12)c1cc(O)c(O)c(O)c1. The van der Waals surface area contributed by atoms with E-state index >= 15 is 0 Å². The summed E-state index contributed by atoms with van der Waals surface area (Å²) in [6.45, 7) is 0.856. The van der Waals surface area contributed by atoms with E-state index in [4.69, 9.17) is 4.74 Å². The van der Waals surface area contributed by atoms with E-state index in [1.807, 2.05) is 54.7 Å². The van der Waals surface area contributed by atoms with Gasteiger partial charge in [0.2, 0.25) is 0 Å². The highest BCUT2D eigenvalue weighted by Gasteiger charge is 2.13. The summed E-state index contributed by atoms with van der Waals surface area (Å²) in [7, 11) is 0. The standard InChI is InChI=1S/C24H22N2O5/c27-21-10-17(11-22(28)23(21)29)24(30)25-9-8-16-13-26-20-12-18(6-7-19(16)20)31-14-15-4-2-1-3-5-15/h1-7,10-13,26-29H,8-9,14H2,(H,25,30). The fourth-order valence-corrected chi connectivity index (χ4v) is 3.35. The molecule has 1 amide bonds. The molecule has 0 aliphatic carbocycles. The fraction of sp³-hybridized carbons (Fsp3) is 0.125. The van der Waals surface area contributed by atoms with Crippen molar-refractivity contribution >= 4 is 16.8 Å². The number of fused-ring (bicyclic) bond motifs is 1. The third-order valence-electron chi connectivity index (χ3n) is 5.00. The number of H-pyrrole nitrogens is 1. The summed E-state index contributed by atoms with van der Waals surface area (Å²) in [5.74, 6) is -1.44. The molecule has 0 bridgehead atoms. The number of aromatic hydroxyl groups is 3. The topological polar surface area (TPSA) is 115 Å². The number of carbonyl (C=O) groups excluding carboxylic acids is 1. The Morgan fingerprint density at radius 1 is 0.968 bits per heavy atom. The molecule has 5 N–H and O–H groups in total. The van der Waals surface area contributed by atoms with Crippen LogP contribution in [0, 0.1) is 0 Å². The third kappa shape index (κ3) is 4.56. The fourth-order valence-electron chi connectivity index (χ4n) is 3.35. The van der Waals surface area contributed by atoms with E-state index in [1.54, 1.807) is 0 Å². The maximum Gasteiger partial charge on any atom is 0.251 e. The molecule has 1 aromatic heterocycles. The van der Waals surface area contributed by atoms with Crippen LogP contribution in [-0.2, 0) is 13.0 Å². The molecule has 0 aliphatic rings. The van der Waals surface area contributed by atoms with E-state index in [9.17, 15) is 20.1 Å². The highest BCUT2D eigenvalue weighted by atomic mass is 16.5. The molecule has 0 unspecified atom stereocenters. The zero-order valence-electron chi connectivity index (χ0n) is 16.6. The Labute approximate surface area is 178 Å². The summed E-state index contributed by atoms with van der Waals surface area (Å²) >= 11 is 0. The average Bonchev–Trinajstić information content (AvgIpc) is 3.18. The van der Waals surface area contributed by atoms with Gasteiger partial charge in [-0.2, -0.15) is 0 Å². The third-order valence-corrected chi connectivity index (χ3v) is 5.00. The van der Waals surface area contributed by atoms with Crippen molar-refractivity contribution in [2.45, 2.75) is 13.0 Å². The first kappa shape index (κ1) is 20.2. The molecule has 0 fully saturated rings. The van der Waals surface area contributed by atoms with E-state index in [-0.39, 0.29) is 5.56 Å². The number of nitrogens with one attached hydrogen (secondary N) is 2. The summed E-state index contributed by atoms with van der Waals surface area (Å²) < 4.78 is 5.86. The molecule has 4 rings (SSSR count). The van der Waals surface area contributed by atoms with Gasteiger partial charge in [-0.05, 0) is 41.8 Å². The Kier molecular flexibility index (Phi) is 5.66. The van der Waals surface area contributed by atoms with Crippen LogP contribution in [0.5, 0.6) is 23.0 Å². The van der Waals surface area contributed by atoms with Crippen LogP contribution in [0.4, 0.5) is 0 Å². The second-order valence-electron chi connectivity index (χ2n) is 7.16. The highest BCUT2D eigenvalue weighted by molar-refractivity contribution is 5.95. The van der Waals surface area contributed by atoms with Crippen LogP contribution in [0.25, 0.3) is 10.9 Å². The summed E-state index contributed by atoms with van der Waals surface area (Å²) in [5, 5.41) is 32.3. The number of benzene rings is 3. The van der Waals surface area contributed by atoms with Crippen molar-refractivity contribution in [2.75, 3.05) is 6.54 Å². The number of amides is 1. The maximum absolute atomic E-state index is 12.2. The summed E-state index contributed by atoms with van der Waals surface area (Å²) in [4.78, 5) is 15.5. The van der Waals surface area contributed by atoms with E-state index < -0.39 is 23.2 Å². The number of rotatable bonds is 7. The number of phenolic OH excluding ortho intramolecular Hbond substituents is 3. The molecule has 31 heavy (non-hydrogen) atoms. The molecule has 7 heteroatoms. The van der Waals surface area contributed by atoms with Crippen molar-refractivity contribution in [1.29, 1.82) is 0 Å². The Morgan fingerprint density at radius 2 is 1.71 bits per heavy atom. The molecule has 3 aromatic carbocycles. The Bertz CT molecular complexity index is 1190. The predicted octanol–water partition coefficient (Wildman–Crippen LogP) is 3.84. The van der Waals surface area contributed by atoms with Gasteiger partial charge in [-0.15, -0.1) is 0 Å². The number of phenols is 3. The van der Waals surface area contributed by atoms with E-state index in [0.717, 1.165) is 39.9 Å². The first-order chi connectivity index (χ1) is 15.0. The van der Waals surface area contributed by atoms with Gasteiger partial charge in [-0.25, -0.2) is 0 Å². The lowest BCUT2D eigenvalue weighted by atomic mass is 10.1. The van der Waals surface area contributed by atoms with Gasteiger partial charge in [0, 0.05) is 35.3 Å². The molecule has 158 valence electrons. The zero-order chi connectivity index (χ0) is 21.8. The number of hydrogen-bond donors (Lipinski definition) is 5. The van der Waals surface area contributed by atoms with Crippen LogP contribution in [0.15, 0.2) is 66.9 Å². The van der Waals surface area contributed by atoms with Crippen molar-refractivity contribution < 1.29 is 24.9 Å². The van der Waals surface area contributed by atoms with Gasteiger partial charge >= 0.3 is 0 Å². The van der Waals surface area contributed by atoms with Crippen molar-refractivity contribution in [3.63, 3.8) is 0 Å². The lowest BCUT2D eigenvalue weighted by Gasteiger charge is -2.08. The molecule has 0 atom stereocenters. The molecule has 0 saturated carbocycles. The molecule has 1 heterocycles. The van der Waals surface area contributed by atoms with Gasteiger partial charge in [0.25, 0.3) is 5.91 Å². The lowest BCUT2D eigenvalue weighted by molar-refractivity contribution is 0.0953. The van der Waals surface area contributed by atoms with Crippen molar-refractivity contribution in [3.05, 3.63) is 83.6 Å². The van der Waals surface area contributed by atoms with Crippen LogP contribution < -0.4 is 10.1 Å². The highest BCUT2D eigenvalue weighted by Crippen LogP contribution is 2.35. The Hall–Kier alpha value is -4.13. The quantitative estimate of drug-likeness (QED) is 0.293. The first-order valence-electron chi connectivity index (χ1n) is 9.81. The molecule has 0 radical (unpaired) electrons. The average molecular weight is 418 g/mol. The molecule has 0 aliphatic heterocycles. The van der Waals surface area contributed by atoms with Crippen LogP contribution in [-0.4, -0.2) is 32.8 Å². The zero-order valence-corrected chi connectivity index (χ0v) is 16.6. The van der Waals surface area contributed by atoms with Gasteiger partial charge < -0.3 is 30.4 Å². The monoisotopic (exact) mass is 418 g/mol. The van der Waals surface area contributed by atoms with Crippen LogP contribution in [0.2, 0.25) is 0 Å². The minimum atomic E-state index is -0.651. The van der Waals surface area contributed by atoms with Crippen LogP contribution in [0.1, 0.15) is 21.5 Å². The van der Waals surface area contributed by atoms with Gasteiger partial charge in [0.05, 0.1) is 0 Å². The largest absolute Gasteiger partial charge is 0.504 e. The van der Waals surface area contributed by atoms with E-state index in [1.165, 1.54) is 0 Å². The number of aromatic amines is 1. The van der Waals surface area contributed by atoms with Gasteiger partial charge in [0.15, 0.2) is 17.2 Å². The second-order valence-corrected chi connectivity index (χ2v) is 7.16. The van der Waals surface area contributed by atoms with E-state index in [0.29, 0.717) is 19.6 Å². The smallest absolute Gasteiger partial charge is 0.251 e. The molecule has 7 nitrogen and oxygen atoms in total. The Balaban J connectivity index is 1.36. The number of hydrogen-bond acceptors (Lipinski definition) is 5. The van der Waals surface area contributed by atoms with E-state index in [2.05, 4.69) is 10.3 Å². The number of carbonyl (C=O) groups is 1. The van der Waals surface area contributed by atoms with Crippen LogP contribution >= 0.6 is 0 Å². The predicted molar refractivity (Wildman–Crippen MR) is 117 cm³/mol. The van der Waals surface area contributed by atoms with Gasteiger partial charge in [0.1, 0.15) is 12.4 Å². The van der Waals surface area contributed by atoms with Gasteiger partial charge in [-0.1, -0.05) is 30.3 Å². The normalized spacial score (nSPS) is 10.8. The van der Waals surface area contributed by atoms with Gasteiger partial charge in [-0.3, -0.25) is 4.79 Å². The molecule has 4 aromatic rings. The van der Waals surface area contributed by atoms with Crippen molar-refractivity contribution in [2.24, 2.45) is 0 Å². The molecular formula is C24H22N2O5. The number of aromatic nitrogens is 1. The Morgan fingerprint density at radius 3 is 2.45 bits per heavy atom. The number of ether oxygens (including phenoxy) is 1. The molecule has 0 saturated heterocycles. The lowest BCUT2D eigenvalue weighted by Crippen LogP contribution is -2.25. The minimum Gasteiger partial charge on any atom is -0.504 e. The molecular weight excluding hydrogens is 396 g/mol. The minimum absolute atomic E-state index is 0.0620.